The van der Waals surface area contributed by atoms with E-state index in [1.165, 1.54) is 24.3 Å². The van der Waals surface area contributed by atoms with Gasteiger partial charge >= 0.3 is 6.36 Å². The fourth-order valence-electron chi connectivity index (χ4n) is 3.15. The number of rotatable bonds is 4. The molecule has 0 radical (unpaired) electrons. The van der Waals surface area contributed by atoms with Crippen LogP contribution in [0.15, 0.2) is 42.5 Å². The third-order valence-corrected chi connectivity index (χ3v) is 4.37. The van der Waals surface area contributed by atoms with E-state index in [-0.39, 0.29) is 18.1 Å². The molecule has 0 saturated carbocycles. The molecule has 0 atom stereocenters. The summed E-state index contributed by atoms with van der Waals surface area (Å²) < 4.78 is 40.4. The van der Waals surface area contributed by atoms with Gasteiger partial charge in [0.15, 0.2) is 0 Å². The third-order valence-electron chi connectivity index (χ3n) is 4.37. The summed E-state index contributed by atoms with van der Waals surface area (Å²) in [6, 6.07) is 11.1. The fourth-order valence-corrected chi connectivity index (χ4v) is 3.15. The van der Waals surface area contributed by atoms with Gasteiger partial charge in [0.25, 0.3) is 0 Å². The Morgan fingerprint density at radius 1 is 1.15 bits per heavy atom. The predicted molar refractivity (Wildman–Crippen MR) is 93.0 cm³/mol. The Bertz CT molecular complexity index is 788. The van der Waals surface area contributed by atoms with E-state index in [0.29, 0.717) is 18.7 Å². The zero-order valence-electron chi connectivity index (χ0n) is 14.1. The van der Waals surface area contributed by atoms with E-state index in [1.807, 2.05) is 18.2 Å². The molecule has 0 bridgehead atoms. The first-order valence-electron chi connectivity index (χ1n) is 8.36. The summed E-state index contributed by atoms with van der Waals surface area (Å²) in [6.45, 7) is 0.646. The first-order valence-corrected chi connectivity index (χ1v) is 8.36. The molecule has 0 aromatic heterocycles. The topological polar surface area (TPSA) is 55.6 Å². The zero-order valence-corrected chi connectivity index (χ0v) is 14.1. The largest absolute Gasteiger partial charge is 0.573 e. The van der Waals surface area contributed by atoms with Crippen LogP contribution in [0.4, 0.5) is 24.5 Å². The number of ether oxygens (including phenoxy) is 1. The van der Waals surface area contributed by atoms with Crippen molar-refractivity contribution in [2.45, 2.75) is 32.0 Å². The minimum absolute atomic E-state index is 0.0211. The number of hydrogen-bond donors (Lipinski definition) is 1. The SMILES string of the molecule is Nc1cccc2c1CCCN2C(=O)CCc1ccc(OC(F)(F)F)cc1. The van der Waals surface area contributed by atoms with Crippen LogP contribution in [-0.4, -0.2) is 18.8 Å². The van der Waals surface area contributed by atoms with Crippen molar-refractivity contribution in [2.75, 3.05) is 17.2 Å². The molecule has 26 heavy (non-hydrogen) atoms. The first kappa shape index (κ1) is 18.1. The summed E-state index contributed by atoms with van der Waals surface area (Å²) in [7, 11) is 0. The quantitative estimate of drug-likeness (QED) is 0.832. The third kappa shape index (κ3) is 4.28. The molecule has 1 heterocycles. The lowest BCUT2D eigenvalue weighted by atomic mass is 9.99. The van der Waals surface area contributed by atoms with E-state index in [9.17, 15) is 18.0 Å². The van der Waals surface area contributed by atoms with Crippen LogP contribution in [-0.2, 0) is 17.6 Å². The average molecular weight is 364 g/mol. The van der Waals surface area contributed by atoms with Crippen molar-refractivity contribution in [1.82, 2.24) is 0 Å². The van der Waals surface area contributed by atoms with Gasteiger partial charge < -0.3 is 15.4 Å². The Balaban J connectivity index is 1.62. The number of nitrogens with zero attached hydrogens (tertiary/aromatic N) is 1. The average Bonchev–Trinajstić information content (AvgIpc) is 2.59. The molecule has 1 aliphatic rings. The number of halogens is 3. The van der Waals surface area contributed by atoms with Crippen LogP contribution in [0.5, 0.6) is 5.75 Å². The Hall–Kier alpha value is -2.70. The summed E-state index contributed by atoms with van der Waals surface area (Å²) in [5, 5.41) is 0. The summed E-state index contributed by atoms with van der Waals surface area (Å²) >= 11 is 0. The molecule has 7 heteroatoms. The molecule has 0 unspecified atom stereocenters. The maximum Gasteiger partial charge on any atom is 0.573 e. The van der Waals surface area contributed by atoms with Gasteiger partial charge in [-0.2, -0.15) is 0 Å². The van der Waals surface area contributed by atoms with Crippen LogP contribution in [0.25, 0.3) is 0 Å². The maximum absolute atomic E-state index is 12.6. The van der Waals surface area contributed by atoms with Crippen molar-refractivity contribution in [3.8, 4) is 5.75 Å². The van der Waals surface area contributed by atoms with E-state index < -0.39 is 6.36 Å². The van der Waals surface area contributed by atoms with Crippen LogP contribution < -0.4 is 15.4 Å². The Labute approximate surface area is 149 Å². The van der Waals surface area contributed by atoms with Crippen molar-refractivity contribution >= 4 is 17.3 Å². The molecular weight excluding hydrogens is 345 g/mol. The number of anilines is 2. The van der Waals surface area contributed by atoms with Gasteiger partial charge in [-0.3, -0.25) is 4.79 Å². The van der Waals surface area contributed by atoms with Gasteiger partial charge in [0, 0.05) is 24.3 Å². The molecule has 3 rings (SSSR count). The molecule has 4 nitrogen and oxygen atoms in total. The fraction of sp³-hybridized carbons (Fsp3) is 0.316. The van der Waals surface area contributed by atoms with Gasteiger partial charge in [-0.15, -0.1) is 13.2 Å². The van der Waals surface area contributed by atoms with Gasteiger partial charge in [-0.05, 0) is 54.7 Å². The molecule has 2 aromatic carbocycles. The monoisotopic (exact) mass is 364 g/mol. The minimum atomic E-state index is -4.71. The van der Waals surface area contributed by atoms with Gasteiger partial charge in [0.2, 0.25) is 5.91 Å². The molecule has 1 aliphatic heterocycles. The maximum atomic E-state index is 12.6. The van der Waals surface area contributed by atoms with Crippen molar-refractivity contribution < 1.29 is 22.7 Å². The van der Waals surface area contributed by atoms with E-state index >= 15 is 0 Å². The van der Waals surface area contributed by atoms with Crippen LogP contribution in [0, 0.1) is 0 Å². The number of nitrogen functional groups attached to an aromatic ring is 1. The Morgan fingerprint density at radius 3 is 2.58 bits per heavy atom. The highest BCUT2D eigenvalue weighted by Crippen LogP contribution is 2.32. The number of nitrogens with two attached hydrogens (primary N) is 1. The van der Waals surface area contributed by atoms with Crippen molar-refractivity contribution in [2.24, 2.45) is 0 Å². The second-order valence-electron chi connectivity index (χ2n) is 6.19. The number of hydrogen-bond acceptors (Lipinski definition) is 3. The number of aryl methyl sites for hydroxylation is 1. The molecular formula is C19H19F3N2O2. The number of carbonyl (C=O) groups is 1. The minimum Gasteiger partial charge on any atom is -0.406 e. The lowest BCUT2D eigenvalue weighted by Crippen LogP contribution is -2.35. The zero-order chi connectivity index (χ0) is 18.7. The van der Waals surface area contributed by atoms with Crippen molar-refractivity contribution in [3.05, 3.63) is 53.6 Å². The summed E-state index contributed by atoms with van der Waals surface area (Å²) in [6.07, 6.45) is -2.28. The Kier molecular flexibility index (Phi) is 5.06. The number of benzene rings is 2. The molecule has 2 N–H and O–H groups in total. The highest BCUT2D eigenvalue weighted by atomic mass is 19.4. The van der Waals surface area contributed by atoms with Gasteiger partial charge in [-0.1, -0.05) is 18.2 Å². The number of fused-ring (bicyclic) bond motifs is 1. The number of carbonyl (C=O) groups excluding carboxylic acids is 1. The second kappa shape index (κ2) is 7.27. The standard InChI is InChI=1S/C19H19F3N2O2/c20-19(21,22)26-14-9-6-13(7-10-14)8-11-18(25)24-12-2-3-15-16(23)4-1-5-17(15)24/h1,4-7,9-10H,2-3,8,11-12,23H2. The van der Waals surface area contributed by atoms with Crippen molar-refractivity contribution in [1.29, 1.82) is 0 Å². The van der Waals surface area contributed by atoms with Crippen LogP contribution in [0.2, 0.25) is 0 Å². The summed E-state index contributed by atoms with van der Waals surface area (Å²) in [5.74, 6) is -0.292. The van der Waals surface area contributed by atoms with E-state index in [2.05, 4.69) is 4.74 Å². The van der Waals surface area contributed by atoms with Gasteiger partial charge in [-0.25, -0.2) is 0 Å². The van der Waals surface area contributed by atoms with E-state index in [1.54, 1.807) is 4.90 Å². The van der Waals surface area contributed by atoms with E-state index in [0.717, 1.165) is 29.7 Å². The summed E-state index contributed by atoms with van der Waals surface area (Å²) in [4.78, 5) is 14.4. The normalized spacial score (nSPS) is 14.0. The van der Waals surface area contributed by atoms with Crippen LogP contribution in [0.1, 0.15) is 24.0 Å². The second-order valence-corrected chi connectivity index (χ2v) is 6.19. The number of alkyl halides is 3. The molecule has 1 amide bonds. The molecule has 0 saturated heterocycles. The molecule has 2 aromatic rings. The highest BCUT2D eigenvalue weighted by molar-refractivity contribution is 5.95. The predicted octanol–water partition coefficient (Wildman–Crippen LogP) is 4.08. The highest BCUT2D eigenvalue weighted by Gasteiger charge is 2.31. The lowest BCUT2D eigenvalue weighted by molar-refractivity contribution is -0.274. The van der Waals surface area contributed by atoms with Gasteiger partial charge in [0.05, 0.1) is 0 Å². The Morgan fingerprint density at radius 2 is 1.88 bits per heavy atom. The van der Waals surface area contributed by atoms with Crippen molar-refractivity contribution in [3.63, 3.8) is 0 Å². The molecule has 138 valence electrons. The summed E-state index contributed by atoms with van der Waals surface area (Å²) in [5.41, 5.74) is 9.32. The smallest absolute Gasteiger partial charge is 0.406 e. The molecule has 0 aliphatic carbocycles. The van der Waals surface area contributed by atoms with E-state index in [4.69, 9.17) is 5.73 Å². The first-order chi connectivity index (χ1) is 12.3. The van der Waals surface area contributed by atoms with Gasteiger partial charge in [0.1, 0.15) is 5.75 Å². The van der Waals surface area contributed by atoms with Crippen LogP contribution >= 0.6 is 0 Å². The number of amides is 1. The van der Waals surface area contributed by atoms with Crippen LogP contribution in [0.3, 0.4) is 0 Å². The molecule has 0 fully saturated rings. The molecule has 0 spiro atoms. The lowest BCUT2D eigenvalue weighted by Gasteiger charge is -2.30.